The number of benzene rings is 2. The van der Waals surface area contributed by atoms with Crippen molar-refractivity contribution < 1.29 is 9.47 Å². The van der Waals surface area contributed by atoms with Crippen LogP contribution in [0.25, 0.3) is 0 Å². The average Bonchev–Trinajstić information content (AvgIpc) is 2.56. The van der Waals surface area contributed by atoms with Gasteiger partial charge in [0.15, 0.2) is 0 Å². The van der Waals surface area contributed by atoms with Gasteiger partial charge in [0.25, 0.3) is 0 Å². The molecule has 0 aliphatic carbocycles. The lowest BCUT2D eigenvalue weighted by Gasteiger charge is -2.14. The quantitative estimate of drug-likeness (QED) is 0.884. The fraction of sp³-hybridized carbons (Fsp3) is 0.235. The number of nitriles is 1. The Kier molecular flexibility index (Phi) is 5.19. The maximum absolute atomic E-state index is 9.36. The van der Waals surface area contributed by atoms with Gasteiger partial charge in [-0.2, -0.15) is 5.26 Å². The average molecular weight is 282 g/mol. The van der Waals surface area contributed by atoms with Crippen molar-refractivity contribution in [3.05, 3.63) is 59.7 Å². The number of hydrogen-bond donors (Lipinski definition) is 1. The van der Waals surface area contributed by atoms with Crippen LogP contribution in [0.1, 0.15) is 17.2 Å². The number of nitrogens with one attached hydrogen (secondary N) is 1. The third-order valence-corrected chi connectivity index (χ3v) is 3.25. The summed E-state index contributed by atoms with van der Waals surface area (Å²) < 4.78 is 10.5. The molecule has 1 N–H and O–H groups in total. The van der Waals surface area contributed by atoms with Crippen molar-refractivity contribution in [1.82, 2.24) is 5.32 Å². The van der Waals surface area contributed by atoms with E-state index in [1.54, 1.807) is 14.2 Å². The van der Waals surface area contributed by atoms with E-state index in [0.717, 1.165) is 22.6 Å². The molecule has 0 aromatic heterocycles. The summed E-state index contributed by atoms with van der Waals surface area (Å²) in [6.07, 6.45) is 0. The van der Waals surface area contributed by atoms with Crippen molar-refractivity contribution in [2.24, 2.45) is 0 Å². The highest BCUT2D eigenvalue weighted by Crippen LogP contribution is 2.21. The van der Waals surface area contributed by atoms with E-state index in [1.807, 2.05) is 48.5 Å². The van der Waals surface area contributed by atoms with Crippen LogP contribution in [0, 0.1) is 11.3 Å². The van der Waals surface area contributed by atoms with E-state index < -0.39 is 6.04 Å². The third kappa shape index (κ3) is 3.74. The Balaban J connectivity index is 2.11. The molecule has 0 aliphatic rings. The van der Waals surface area contributed by atoms with Gasteiger partial charge in [-0.05, 0) is 23.8 Å². The van der Waals surface area contributed by atoms with Gasteiger partial charge in [0.05, 0.1) is 20.3 Å². The van der Waals surface area contributed by atoms with Crippen molar-refractivity contribution in [2.45, 2.75) is 12.6 Å². The molecule has 1 unspecified atom stereocenters. The van der Waals surface area contributed by atoms with Crippen LogP contribution in [0.5, 0.6) is 11.5 Å². The maximum Gasteiger partial charge on any atom is 0.123 e. The molecule has 21 heavy (non-hydrogen) atoms. The van der Waals surface area contributed by atoms with E-state index in [0.29, 0.717) is 6.54 Å². The van der Waals surface area contributed by atoms with Crippen LogP contribution in [0.15, 0.2) is 48.5 Å². The molecule has 0 spiro atoms. The molecule has 2 aromatic carbocycles. The lowest BCUT2D eigenvalue weighted by molar-refractivity contribution is 0.406. The largest absolute Gasteiger partial charge is 0.497 e. The molecule has 0 aliphatic heterocycles. The second kappa shape index (κ2) is 7.32. The summed E-state index contributed by atoms with van der Waals surface area (Å²) in [4.78, 5) is 0. The number of nitrogens with zero attached hydrogens (tertiary/aromatic N) is 1. The van der Waals surface area contributed by atoms with E-state index in [9.17, 15) is 5.26 Å². The van der Waals surface area contributed by atoms with Crippen LogP contribution in [-0.2, 0) is 6.54 Å². The molecule has 0 radical (unpaired) electrons. The second-order valence-electron chi connectivity index (χ2n) is 4.53. The van der Waals surface area contributed by atoms with E-state index in [4.69, 9.17) is 9.47 Å². The molecule has 1 atom stereocenters. The number of methoxy groups -OCH3 is 2. The van der Waals surface area contributed by atoms with Gasteiger partial charge in [-0.1, -0.05) is 30.3 Å². The first kappa shape index (κ1) is 14.9. The van der Waals surface area contributed by atoms with E-state index in [-0.39, 0.29) is 0 Å². The molecule has 2 rings (SSSR count). The lowest BCUT2D eigenvalue weighted by atomic mass is 10.1. The molecule has 0 bridgehead atoms. The smallest absolute Gasteiger partial charge is 0.123 e. The van der Waals surface area contributed by atoms with E-state index in [2.05, 4.69) is 11.4 Å². The fourth-order valence-corrected chi connectivity index (χ4v) is 2.12. The first-order chi connectivity index (χ1) is 10.3. The van der Waals surface area contributed by atoms with Gasteiger partial charge in [-0.3, -0.25) is 5.32 Å². The normalized spacial score (nSPS) is 11.5. The van der Waals surface area contributed by atoms with Crippen molar-refractivity contribution in [3.8, 4) is 17.6 Å². The van der Waals surface area contributed by atoms with Gasteiger partial charge >= 0.3 is 0 Å². The highest BCUT2D eigenvalue weighted by atomic mass is 16.5. The predicted octanol–water partition coefficient (Wildman–Crippen LogP) is 3.06. The predicted molar refractivity (Wildman–Crippen MR) is 81.2 cm³/mol. The molecule has 2 aromatic rings. The zero-order valence-electron chi connectivity index (χ0n) is 12.2. The Hall–Kier alpha value is -2.51. The summed E-state index contributed by atoms with van der Waals surface area (Å²) in [5.74, 6) is 1.55. The highest BCUT2D eigenvalue weighted by Gasteiger charge is 2.11. The summed E-state index contributed by atoms with van der Waals surface area (Å²) in [5, 5.41) is 12.6. The zero-order chi connectivity index (χ0) is 15.1. The van der Waals surface area contributed by atoms with Gasteiger partial charge in [0, 0.05) is 12.1 Å². The minimum absolute atomic E-state index is 0.398. The van der Waals surface area contributed by atoms with Gasteiger partial charge in [0.1, 0.15) is 17.5 Å². The minimum atomic E-state index is -0.398. The van der Waals surface area contributed by atoms with Gasteiger partial charge in [-0.25, -0.2) is 0 Å². The third-order valence-electron chi connectivity index (χ3n) is 3.25. The molecule has 0 heterocycles. The molecular weight excluding hydrogens is 264 g/mol. The fourth-order valence-electron chi connectivity index (χ4n) is 2.12. The summed E-state index contributed by atoms with van der Waals surface area (Å²) >= 11 is 0. The molecule has 4 nitrogen and oxygen atoms in total. The Morgan fingerprint density at radius 3 is 2.62 bits per heavy atom. The summed E-state index contributed by atoms with van der Waals surface area (Å²) in [5.41, 5.74) is 1.90. The monoisotopic (exact) mass is 282 g/mol. The SMILES string of the molecule is COc1cccc(C(C#N)NCc2ccccc2OC)c1. The molecule has 108 valence electrons. The van der Waals surface area contributed by atoms with Crippen molar-refractivity contribution in [1.29, 1.82) is 5.26 Å². The van der Waals surface area contributed by atoms with Crippen LogP contribution in [0.3, 0.4) is 0 Å². The Morgan fingerprint density at radius 1 is 1.10 bits per heavy atom. The number of ether oxygens (including phenoxy) is 2. The molecule has 0 fully saturated rings. The minimum Gasteiger partial charge on any atom is -0.497 e. The maximum atomic E-state index is 9.36. The Labute approximate surface area is 124 Å². The topological polar surface area (TPSA) is 54.3 Å². The molecule has 0 amide bonds. The second-order valence-corrected chi connectivity index (χ2v) is 4.53. The molecular formula is C17H18N2O2. The van der Waals surface area contributed by atoms with Crippen LogP contribution < -0.4 is 14.8 Å². The van der Waals surface area contributed by atoms with Crippen LogP contribution in [-0.4, -0.2) is 14.2 Å². The number of rotatable bonds is 6. The zero-order valence-corrected chi connectivity index (χ0v) is 12.2. The summed E-state index contributed by atoms with van der Waals surface area (Å²) in [6.45, 7) is 0.555. The van der Waals surface area contributed by atoms with Crippen LogP contribution in [0.2, 0.25) is 0 Å². The summed E-state index contributed by atoms with van der Waals surface area (Å²) in [6, 6.07) is 17.1. The first-order valence-corrected chi connectivity index (χ1v) is 6.67. The number of hydrogen-bond acceptors (Lipinski definition) is 4. The van der Waals surface area contributed by atoms with E-state index in [1.165, 1.54) is 0 Å². The van der Waals surface area contributed by atoms with Gasteiger partial charge in [0.2, 0.25) is 0 Å². The van der Waals surface area contributed by atoms with Crippen LogP contribution in [0.4, 0.5) is 0 Å². The Bertz CT molecular complexity index is 635. The molecule has 0 saturated heterocycles. The van der Waals surface area contributed by atoms with Crippen LogP contribution >= 0.6 is 0 Å². The first-order valence-electron chi connectivity index (χ1n) is 6.67. The lowest BCUT2D eigenvalue weighted by Crippen LogP contribution is -2.19. The molecule has 0 saturated carbocycles. The number of para-hydroxylation sites is 1. The van der Waals surface area contributed by atoms with Crippen molar-refractivity contribution in [2.75, 3.05) is 14.2 Å². The van der Waals surface area contributed by atoms with E-state index >= 15 is 0 Å². The van der Waals surface area contributed by atoms with Crippen molar-refractivity contribution in [3.63, 3.8) is 0 Å². The Morgan fingerprint density at radius 2 is 1.90 bits per heavy atom. The van der Waals surface area contributed by atoms with Gasteiger partial charge < -0.3 is 9.47 Å². The van der Waals surface area contributed by atoms with Gasteiger partial charge in [-0.15, -0.1) is 0 Å². The summed E-state index contributed by atoms with van der Waals surface area (Å²) in [7, 11) is 3.26. The standard InChI is InChI=1S/C17H18N2O2/c1-20-15-8-5-7-13(10-15)16(11-18)19-12-14-6-3-4-9-17(14)21-2/h3-10,16,19H,12H2,1-2H3. The highest BCUT2D eigenvalue weighted by molar-refractivity contribution is 5.35. The van der Waals surface area contributed by atoms with Crippen molar-refractivity contribution >= 4 is 0 Å². The molecule has 4 heteroatoms.